The van der Waals surface area contributed by atoms with Crippen molar-refractivity contribution in [2.45, 2.75) is 33.3 Å². The average molecular weight is 270 g/mol. The molecule has 3 N–H and O–H groups in total. The fourth-order valence-corrected chi connectivity index (χ4v) is 2.08. The minimum absolute atomic E-state index is 0.286. The lowest BCUT2D eigenvalue weighted by atomic mass is 10.3. The summed E-state index contributed by atoms with van der Waals surface area (Å²) in [5.74, 6) is -0.801. The normalized spacial score (nSPS) is 11.9. The van der Waals surface area contributed by atoms with Crippen molar-refractivity contribution in [1.29, 1.82) is 0 Å². The van der Waals surface area contributed by atoms with Crippen LogP contribution in [0.5, 0.6) is 0 Å². The Morgan fingerprint density at radius 1 is 1.56 bits per heavy atom. The molecule has 100 valence electrons. The van der Waals surface area contributed by atoms with Gasteiger partial charge in [0, 0.05) is 17.1 Å². The van der Waals surface area contributed by atoms with Crippen molar-refractivity contribution in [2.24, 2.45) is 0 Å². The molecule has 0 aromatic carbocycles. The minimum atomic E-state index is -0.798. The molecule has 0 saturated heterocycles. The van der Waals surface area contributed by atoms with Crippen LogP contribution >= 0.6 is 11.3 Å². The van der Waals surface area contributed by atoms with Crippen molar-refractivity contribution in [3.8, 4) is 0 Å². The number of carbonyl (C=O) groups is 2. The quantitative estimate of drug-likeness (QED) is 0.798. The van der Waals surface area contributed by atoms with E-state index in [2.05, 4.69) is 5.32 Å². The zero-order valence-electron chi connectivity index (χ0n) is 10.8. The van der Waals surface area contributed by atoms with Crippen molar-refractivity contribution < 1.29 is 14.3 Å². The molecule has 1 unspecified atom stereocenters. The van der Waals surface area contributed by atoms with Crippen LogP contribution in [0.2, 0.25) is 0 Å². The summed E-state index contributed by atoms with van der Waals surface area (Å²) >= 11 is 1.26. The Balaban J connectivity index is 2.56. The molecule has 0 radical (unpaired) electrons. The summed E-state index contributed by atoms with van der Waals surface area (Å²) in [5.41, 5.74) is 6.22. The summed E-state index contributed by atoms with van der Waals surface area (Å²) in [6, 6.07) is 1.57. The van der Waals surface area contributed by atoms with E-state index >= 15 is 0 Å². The lowest BCUT2D eigenvalue weighted by Crippen LogP contribution is -2.36. The fourth-order valence-electron chi connectivity index (χ4n) is 1.26. The number of nitrogen functional groups attached to an aromatic ring is 1. The topological polar surface area (TPSA) is 81.4 Å². The van der Waals surface area contributed by atoms with Gasteiger partial charge in [0.1, 0.15) is 4.88 Å². The van der Waals surface area contributed by atoms with Gasteiger partial charge in [0.25, 0.3) is 5.91 Å². The molecule has 0 spiro atoms. The molecule has 0 aliphatic carbocycles. The Hall–Kier alpha value is -1.56. The smallest absolute Gasteiger partial charge is 0.349 e. The predicted molar refractivity (Wildman–Crippen MR) is 71.6 cm³/mol. The zero-order chi connectivity index (χ0) is 13.7. The van der Waals surface area contributed by atoms with E-state index in [9.17, 15) is 9.59 Å². The van der Waals surface area contributed by atoms with Crippen LogP contribution in [-0.4, -0.2) is 24.5 Å². The first-order valence-corrected chi connectivity index (χ1v) is 6.62. The standard InChI is InChI=1S/C12H18N2O3S/c1-4-5-14-11(15)7(2)17-12(16)10-6-9(13)8(3)18-10/h6-7H,4-5,13H2,1-3H3,(H,14,15). The molecular weight excluding hydrogens is 252 g/mol. The first kappa shape index (κ1) is 14.5. The molecule has 1 amide bonds. The Morgan fingerprint density at radius 3 is 2.72 bits per heavy atom. The molecule has 1 rings (SSSR count). The number of rotatable bonds is 5. The lowest BCUT2D eigenvalue weighted by Gasteiger charge is -2.12. The van der Waals surface area contributed by atoms with Gasteiger partial charge in [0.15, 0.2) is 6.10 Å². The van der Waals surface area contributed by atoms with Gasteiger partial charge in [-0.05, 0) is 26.3 Å². The molecule has 0 aliphatic rings. The van der Waals surface area contributed by atoms with Crippen molar-refractivity contribution in [3.05, 3.63) is 15.8 Å². The lowest BCUT2D eigenvalue weighted by molar-refractivity contribution is -0.129. The Morgan fingerprint density at radius 2 is 2.22 bits per heavy atom. The molecule has 1 aromatic heterocycles. The van der Waals surface area contributed by atoms with Crippen molar-refractivity contribution >= 4 is 28.9 Å². The van der Waals surface area contributed by atoms with Crippen LogP contribution < -0.4 is 11.1 Å². The van der Waals surface area contributed by atoms with Gasteiger partial charge in [-0.3, -0.25) is 4.79 Å². The van der Waals surface area contributed by atoms with Gasteiger partial charge in [-0.1, -0.05) is 6.92 Å². The number of nitrogens with two attached hydrogens (primary N) is 1. The number of thiophene rings is 1. The molecular formula is C12H18N2O3S. The van der Waals surface area contributed by atoms with E-state index in [1.165, 1.54) is 11.3 Å². The summed E-state index contributed by atoms with van der Waals surface area (Å²) in [6.45, 7) is 5.90. The molecule has 0 aliphatic heterocycles. The Bertz CT molecular complexity index is 423. The van der Waals surface area contributed by atoms with Crippen LogP contribution in [0.25, 0.3) is 0 Å². The van der Waals surface area contributed by atoms with Gasteiger partial charge >= 0.3 is 5.97 Å². The van der Waals surface area contributed by atoms with Crippen LogP contribution in [0.4, 0.5) is 5.69 Å². The molecule has 0 bridgehead atoms. The average Bonchev–Trinajstić information content (AvgIpc) is 2.66. The monoisotopic (exact) mass is 270 g/mol. The van der Waals surface area contributed by atoms with E-state index < -0.39 is 12.1 Å². The van der Waals surface area contributed by atoms with E-state index in [0.29, 0.717) is 17.1 Å². The third-order valence-corrected chi connectivity index (χ3v) is 3.41. The van der Waals surface area contributed by atoms with E-state index in [4.69, 9.17) is 10.5 Å². The number of carbonyl (C=O) groups excluding carboxylic acids is 2. The number of anilines is 1. The number of hydrogen-bond donors (Lipinski definition) is 2. The van der Waals surface area contributed by atoms with Gasteiger partial charge in [-0.15, -0.1) is 11.3 Å². The number of amides is 1. The summed E-state index contributed by atoms with van der Waals surface area (Å²) in [7, 11) is 0. The SMILES string of the molecule is CCCNC(=O)C(C)OC(=O)c1cc(N)c(C)s1. The van der Waals surface area contributed by atoms with E-state index in [1.807, 2.05) is 13.8 Å². The van der Waals surface area contributed by atoms with Crippen molar-refractivity contribution in [3.63, 3.8) is 0 Å². The first-order chi connectivity index (χ1) is 8.45. The fraction of sp³-hybridized carbons (Fsp3) is 0.500. The van der Waals surface area contributed by atoms with E-state index in [0.717, 1.165) is 11.3 Å². The van der Waals surface area contributed by atoms with Crippen LogP contribution in [0.3, 0.4) is 0 Å². The number of aryl methyl sites for hydroxylation is 1. The third-order valence-electron chi connectivity index (χ3n) is 2.36. The molecule has 18 heavy (non-hydrogen) atoms. The summed E-state index contributed by atoms with van der Waals surface area (Å²) in [4.78, 5) is 24.6. The number of ether oxygens (including phenoxy) is 1. The highest BCUT2D eigenvalue weighted by molar-refractivity contribution is 7.14. The molecule has 1 atom stereocenters. The maximum Gasteiger partial charge on any atom is 0.349 e. The molecule has 5 nitrogen and oxygen atoms in total. The van der Waals surface area contributed by atoms with Crippen molar-refractivity contribution in [2.75, 3.05) is 12.3 Å². The van der Waals surface area contributed by atoms with Crippen LogP contribution in [0.15, 0.2) is 6.07 Å². The maximum absolute atomic E-state index is 11.8. The highest BCUT2D eigenvalue weighted by atomic mass is 32.1. The van der Waals surface area contributed by atoms with Crippen LogP contribution in [0.1, 0.15) is 34.8 Å². The van der Waals surface area contributed by atoms with Gasteiger partial charge in [-0.2, -0.15) is 0 Å². The number of hydrogen-bond acceptors (Lipinski definition) is 5. The highest BCUT2D eigenvalue weighted by Gasteiger charge is 2.20. The molecule has 1 aromatic rings. The Labute approximate surface area is 110 Å². The first-order valence-electron chi connectivity index (χ1n) is 5.80. The van der Waals surface area contributed by atoms with Crippen molar-refractivity contribution in [1.82, 2.24) is 5.32 Å². The summed E-state index contributed by atoms with van der Waals surface area (Å²) in [5, 5.41) is 2.67. The van der Waals surface area contributed by atoms with Gasteiger partial charge < -0.3 is 15.8 Å². The second-order valence-electron chi connectivity index (χ2n) is 3.96. The summed E-state index contributed by atoms with van der Waals surface area (Å²) in [6.07, 6.45) is 0.0419. The largest absolute Gasteiger partial charge is 0.448 e. The maximum atomic E-state index is 11.8. The van der Waals surface area contributed by atoms with E-state index in [-0.39, 0.29) is 5.91 Å². The molecule has 0 saturated carbocycles. The zero-order valence-corrected chi connectivity index (χ0v) is 11.6. The van der Waals surface area contributed by atoms with Crippen LogP contribution in [0, 0.1) is 6.92 Å². The van der Waals surface area contributed by atoms with Gasteiger partial charge in [0.2, 0.25) is 0 Å². The second kappa shape index (κ2) is 6.39. The highest BCUT2D eigenvalue weighted by Crippen LogP contribution is 2.24. The van der Waals surface area contributed by atoms with Gasteiger partial charge in [-0.25, -0.2) is 4.79 Å². The molecule has 1 heterocycles. The number of nitrogens with one attached hydrogen (secondary N) is 1. The third kappa shape index (κ3) is 3.73. The molecule has 0 fully saturated rings. The number of esters is 1. The van der Waals surface area contributed by atoms with Crippen LogP contribution in [-0.2, 0) is 9.53 Å². The van der Waals surface area contributed by atoms with Gasteiger partial charge in [0.05, 0.1) is 0 Å². The second-order valence-corrected chi connectivity index (χ2v) is 5.22. The summed E-state index contributed by atoms with van der Waals surface area (Å²) < 4.78 is 5.07. The Kier molecular flexibility index (Phi) is 5.15. The predicted octanol–water partition coefficient (Wildman–Crippen LogP) is 1.71. The minimum Gasteiger partial charge on any atom is -0.448 e. The van der Waals surface area contributed by atoms with E-state index in [1.54, 1.807) is 13.0 Å². The molecule has 6 heteroatoms.